The van der Waals surface area contributed by atoms with Crippen LogP contribution in [0.15, 0.2) is 63.4 Å². The molecule has 0 spiro atoms. The smallest absolute Gasteiger partial charge is 0.262 e. The Kier molecular flexibility index (Phi) is 8.03. The normalized spacial score (nSPS) is 20.0. The molecule has 0 unspecified atom stereocenters. The Morgan fingerprint density at radius 3 is 2.12 bits per heavy atom. The number of allylic oxidation sites excluding steroid dienone is 4. The van der Waals surface area contributed by atoms with Crippen molar-refractivity contribution in [2.75, 3.05) is 18.5 Å². The first-order valence-corrected chi connectivity index (χ1v) is 15.6. The third kappa shape index (κ3) is 5.72. The van der Waals surface area contributed by atoms with Crippen LogP contribution >= 0.6 is 15.9 Å². The molecule has 2 aliphatic carbocycles. The molecule has 3 aliphatic rings. The SMILES string of the molecule is CCN1C2=C(C(=O)CC(C)(C)C2)C(c2cc(Br)ccc2OCC(=O)Nc2cccc(C)c2C)C2=C1CC(C)(C)CC2=O. The topological polar surface area (TPSA) is 75.7 Å². The van der Waals surface area contributed by atoms with Gasteiger partial charge in [-0.1, -0.05) is 55.8 Å². The van der Waals surface area contributed by atoms with Crippen molar-refractivity contribution in [3.63, 3.8) is 0 Å². The van der Waals surface area contributed by atoms with Gasteiger partial charge in [-0.25, -0.2) is 0 Å². The number of aryl methyl sites for hydroxylation is 1. The van der Waals surface area contributed by atoms with Gasteiger partial charge in [0, 0.05) is 63.6 Å². The number of ketones is 2. The fraction of sp³-hybridized carbons (Fsp3) is 0.457. The first-order chi connectivity index (χ1) is 19.7. The molecule has 5 rings (SSSR count). The molecule has 6 nitrogen and oxygen atoms in total. The molecule has 0 radical (unpaired) electrons. The number of halogens is 1. The van der Waals surface area contributed by atoms with Crippen LogP contribution in [-0.2, 0) is 14.4 Å². The number of hydrogen-bond acceptors (Lipinski definition) is 5. The second-order valence-corrected chi connectivity index (χ2v) is 14.5. The summed E-state index contributed by atoms with van der Waals surface area (Å²) >= 11 is 3.62. The lowest BCUT2D eigenvalue weighted by molar-refractivity contribution is -0.120. The molecule has 2 aromatic rings. The van der Waals surface area contributed by atoms with E-state index < -0.39 is 5.92 Å². The van der Waals surface area contributed by atoms with Gasteiger partial charge >= 0.3 is 0 Å². The van der Waals surface area contributed by atoms with E-state index in [-0.39, 0.29) is 34.9 Å². The van der Waals surface area contributed by atoms with Crippen molar-refractivity contribution in [2.24, 2.45) is 10.8 Å². The summed E-state index contributed by atoms with van der Waals surface area (Å²) in [5, 5.41) is 2.96. The number of ether oxygens (including phenoxy) is 1. The summed E-state index contributed by atoms with van der Waals surface area (Å²) in [6, 6.07) is 11.4. The van der Waals surface area contributed by atoms with Crippen LogP contribution in [0.4, 0.5) is 5.69 Å². The van der Waals surface area contributed by atoms with Crippen molar-refractivity contribution < 1.29 is 19.1 Å². The maximum absolute atomic E-state index is 14.0. The van der Waals surface area contributed by atoms with E-state index >= 15 is 0 Å². The summed E-state index contributed by atoms with van der Waals surface area (Å²) in [4.78, 5) is 43.2. The van der Waals surface area contributed by atoms with Crippen LogP contribution in [0.3, 0.4) is 0 Å². The molecule has 0 fully saturated rings. The summed E-state index contributed by atoms with van der Waals surface area (Å²) in [6.45, 7) is 15.1. The number of anilines is 1. The highest BCUT2D eigenvalue weighted by atomic mass is 79.9. The molecular formula is C35H41BrN2O4. The fourth-order valence-corrected chi connectivity index (χ4v) is 7.21. The maximum atomic E-state index is 14.0. The lowest BCUT2D eigenvalue weighted by atomic mass is 9.63. The van der Waals surface area contributed by atoms with Crippen molar-refractivity contribution in [2.45, 2.75) is 80.1 Å². The average molecular weight is 634 g/mol. The number of amides is 1. The molecule has 7 heteroatoms. The van der Waals surface area contributed by atoms with E-state index in [4.69, 9.17) is 4.74 Å². The summed E-state index contributed by atoms with van der Waals surface area (Å²) in [7, 11) is 0. The average Bonchev–Trinajstić information content (AvgIpc) is 2.88. The largest absolute Gasteiger partial charge is 0.483 e. The van der Waals surface area contributed by atoms with E-state index in [9.17, 15) is 14.4 Å². The zero-order chi connectivity index (χ0) is 30.6. The molecule has 0 saturated heterocycles. The Morgan fingerprint density at radius 2 is 1.55 bits per heavy atom. The molecule has 1 heterocycles. The highest BCUT2D eigenvalue weighted by Gasteiger charge is 2.49. The molecule has 0 atom stereocenters. The van der Waals surface area contributed by atoms with Crippen LogP contribution in [0, 0.1) is 24.7 Å². The number of carbonyl (C=O) groups excluding carboxylic acids is 3. The molecule has 222 valence electrons. The van der Waals surface area contributed by atoms with Gasteiger partial charge < -0.3 is 15.0 Å². The minimum Gasteiger partial charge on any atom is -0.483 e. The number of benzene rings is 2. The number of rotatable bonds is 6. The zero-order valence-electron chi connectivity index (χ0n) is 25.7. The van der Waals surface area contributed by atoms with Crippen molar-refractivity contribution >= 4 is 39.1 Å². The Bertz CT molecular complexity index is 1490. The van der Waals surface area contributed by atoms with Gasteiger partial charge in [-0.15, -0.1) is 0 Å². The van der Waals surface area contributed by atoms with Gasteiger partial charge in [0.15, 0.2) is 18.2 Å². The minimum atomic E-state index is -0.542. The van der Waals surface area contributed by atoms with Crippen molar-refractivity contribution in [1.29, 1.82) is 0 Å². The van der Waals surface area contributed by atoms with Crippen LogP contribution in [0.2, 0.25) is 0 Å². The second-order valence-electron chi connectivity index (χ2n) is 13.5. The third-order valence-corrected chi connectivity index (χ3v) is 9.35. The number of carbonyl (C=O) groups is 3. The van der Waals surface area contributed by atoms with E-state index in [0.717, 1.165) is 51.1 Å². The molecule has 1 aliphatic heterocycles. The Morgan fingerprint density at radius 1 is 0.952 bits per heavy atom. The monoisotopic (exact) mass is 632 g/mol. The van der Waals surface area contributed by atoms with Crippen LogP contribution in [0.1, 0.15) is 82.9 Å². The summed E-state index contributed by atoms with van der Waals surface area (Å²) < 4.78 is 7.02. The minimum absolute atomic E-state index is 0.0764. The first kappa shape index (κ1) is 30.3. The number of Topliss-reactive ketones (excluding diaryl/α,β-unsaturated/α-hetero) is 2. The number of nitrogens with one attached hydrogen (secondary N) is 1. The van der Waals surface area contributed by atoms with Gasteiger partial charge in [-0.3, -0.25) is 14.4 Å². The molecule has 0 bridgehead atoms. The Hall–Kier alpha value is -3.19. The predicted molar refractivity (Wildman–Crippen MR) is 169 cm³/mol. The standard InChI is InChI=1S/C35H41BrN2O4/c1-8-38-25-15-34(4,5)17-27(39)32(25)31(33-26(38)16-35(6,7)18-28(33)40)23-14-22(36)12-13-29(23)42-19-30(41)37-24-11-9-10-20(2)21(24)3/h9-14,31H,8,15-19H2,1-7H3,(H,37,41). The molecule has 0 saturated carbocycles. The van der Waals surface area contributed by atoms with Gasteiger partial charge in [0.25, 0.3) is 5.91 Å². The van der Waals surface area contributed by atoms with Crippen molar-refractivity contribution in [1.82, 2.24) is 4.90 Å². The van der Waals surface area contributed by atoms with Gasteiger partial charge in [-0.05, 0) is 79.8 Å². The lowest BCUT2D eigenvalue weighted by Gasteiger charge is -2.49. The first-order valence-electron chi connectivity index (χ1n) is 14.8. The van der Waals surface area contributed by atoms with Crippen LogP contribution in [-0.4, -0.2) is 35.5 Å². The van der Waals surface area contributed by atoms with Crippen molar-refractivity contribution in [3.8, 4) is 5.75 Å². The Labute approximate surface area is 257 Å². The molecule has 1 amide bonds. The van der Waals surface area contributed by atoms with E-state index in [0.29, 0.717) is 36.3 Å². The number of nitrogens with zero attached hydrogens (tertiary/aromatic N) is 1. The van der Waals surface area contributed by atoms with Crippen LogP contribution < -0.4 is 10.1 Å². The van der Waals surface area contributed by atoms with Crippen LogP contribution in [0.25, 0.3) is 0 Å². The predicted octanol–water partition coefficient (Wildman–Crippen LogP) is 7.79. The van der Waals surface area contributed by atoms with E-state index in [1.807, 2.05) is 50.2 Å². The van der Waals surface area contributed by atoms with E-state index in [1.165, 1.54) is 0 Å². The summed E-state index contributed by atoms with van der Waals surface area (Å²) in [5.74, 6) is -0.165. The van der Waals surface area contributed by atoms with Crippen LogP contribution in [0.5, 0.6) is 5.75 Å². The van der Waals surface area contributed by atoms with Gasteiger partial charge in [0.1, 0.15) is 5.75 Å². The van der Waals surface area contributed by atoms with Gasteiger partial charge in [0.2, 0.25) is 0 Å². The summed E-state index contributed by atoms with van der Waals surface area (Å²) in [5.41, 5.74) is 6.67. The molecule has 42 heavy (non-hydrogen) atoms. The second kappa shape index (κ2) is 11.1. The molecule has 1 N–H and O–H groups in total. The van der Waals surface area contributed by atoms with Gasteiger partial charge in [0.05, 0.1) is 0 Å². The highest BCUT2D eigenvalue weighted by molar-refractivity contribution is 9.10. The Balaban J connectivity index is 1.59. The quantitative estimate of drug-likeness (QED) is 0.352. The maximum Gasteiger partial charge on any atom is 0.262 e. The zero-order valence-corrected chi connectivity index (χ0v) is 27.3. The highest BCUT2D eigenvalue weighted by Crippen LogP contribution is 2.55. The van der Waals surface area contributed by atoms with E-state index in [2.05, 4.69) is 60.8 Å². The molecular weight excluding hydrogens is 592 g/mol. The fourth-order valence-electron chi connectivity index (χ4n) is 6.83. The number of hydrogen-bond donors (Lipinski definition) is 1. The van der Waals surface area contributed by atoms with Gasteiger partial charge in [-0.2, -0.15) is 0 Å². The lowest BCUT2D eigenvalue weighted by Crippen LogP contribution is -2.44. The van der Waals surface area contributed by atoms with Crippen molar-refractivity contribution in [3.05, 3.63) is 80.1 Å². The third-order valence-electron chi connectivity index (χ3n) is 8.86. The van der Waals surface area contributed by atoms with E-state index in [1.54, 1.807) is 0 Å². The molecule has 2 aromatic carbocycles. The summed E-state index contributed by atoms with van der Waals surface area (Å²) in [6.07, 6.45) is 2.35. The molecule has 0 aromatic heterocycles.